The molecule has 1 aliphatic rings. The maximum absolute atomic E-state index is 9.75. The van der Waals surface area contributed by atoms with E-state index in [9.17, 15) is 5.11 Å². The molecule has 0 radical (unpaired) electrons. The standard InChI is InChI=1S/C15H18N2O2/c1-17-10-11(9-16-17)6-7-19-13-3-4-14-12(8-13)2-5-15(14)18/h3-4,8-10,15,18H,2,5-7H2,1H3/t15-/m0/s1. The summed E-state index contributed by atoms with van der Waals surface area (Å²) in [5.74, 6) is 0.886. The molecule has 0 spiro atoms. The van der Waals surface area contributed by atoms with E-state index in [0.29, 0.717) is 6.61 Å². The first-order chi connectivity index (χ1) is 9.22. The smallest absolute Gasteiger partial charge is 0.119 e. The molecule has 19 heavy (non-hydrogen) atoms. The van der Waals surface area contributed by atoms with Crippen LogP contribution in [-0.2, 0) is 19.9 Å². The summed E-state index contributed by atoms with van der Waals surface area (Å²) in [4.78, 5) is 0. The van der Waals surface area contributed by atoms with E-state index in [-0.39, 0.29) is 6.10 Å². The zero-order chi connectivity index (χ0) is 13.2. The Balaban J connectivity index is 1.59. The molecule has 1 aromatic carbocycles. The summed E-state index contributed by atoms with van der Waals surface area (Å²) in [5.41, 5.74) is 3.45. The first-order valence-corrected chi connectivity index (χ1v) is 6.63. The first-order valence-electron chi connectivity index (χ1n) is 6.63. The molecular weight excluding hydrogens is 240 g/mol. The zero-order valence-corrected chi connectivity index (χ0v) is 11.0. The number of aryl methyl sites for hydroxylation is 2. The van der Waals surface area contributed by atoms with E-state index < -0.39 is 0 Å². The minimum Gasteiger partial charge on any atom is -0.493 e. The lowest BCUT2D eigenvalue weighted by Gasteiger charge is -2.08. The maximum Gasteiger partial charge on any atom is 0.119 e. The van der Waals surface area contributed by atoms with Gasteiger partial charge < -0.3 is 9.84 Å². The molecule has 0 fully saturated rings. The number of hydrogen-bond donors (Lipinski definition) is 1. The van der Waals surface area contributed by atoms with Gasteiger partial charge in [-0.3, -0.25) is 4.68 Å². The van der Waals surface area contributed by atoms with E-state index in [1.54, 1.807) is 4.68 Å². The molecule has 1 N–H and O–H groups in total. The van der Waals surface area contributed by atoms with E-state index in [2.05, 4.69) is 11.2 Å². The van der Waals surface area contributed by atoms with Gasteiger partial charge in [-0.1, -0.05) is 6.07 Å². The number of aromatic nitrogens is 2. The summed E-state index contributed by atoms with van der Waals surface area (Å²) in [6.45, 7) is 0.646. The lowest BCUT2D eigenvalue weighted by molar-refractivity contribution is 0.180. The number of aliphatic hydroxyl groups is 1. The molecule has 4 nitrogen and oxygen atoms in total. The van der Waals surface area contributed by atoms with Gasteiger partial charge in [0.05, 0.1) is 18.9 Å². The first kappa shape index (κ1) is 12.2. The number of nitrogens with zero attached hydrogens (tertiary/aromatic N) is 2. The van der Waals surface area contributed by atoms with Crippen molar-refractivity contribution in [2.75, 3.05) is 6.61 Å². The Bertz CT molecular complexity index is 577. The second kappa shape index (κ2) is 5.05. The molecule has 3 rings (SSSR count). The number of fused-ring (bicyclic) bond motifs is 1. The normalized spacial score (nSPS) is 17.5. The van der Waals surface area contributed by atoms with Gasteiger partial charge in [0, 0.05) is 19.7 Å². The second-order valence-corrected chi connectivity index (χ2v) is 5.04. The predicted molar refractivity (Wildman–Crippen MR) is 72.1 cm³/mol. The van der Waals surface area contributed by atoms with Crippen molar-refractivity contribution in [1.29, 1.82) is 0 Å². The molecule has 0 saturated heterocycles. The number of rotatable bonds is 4. The van der Waals surface area contributed by atoms with Gasteiger partial charge in [0.1, 0.15) is 5.75 Å². The molecule has 2 aromatic rings. The van der Waals surface area contributed by atoms with Crippen LogP contribution in [0.25, 0.3) is 0 Å². The van der Waals surface area contributed by atoms with Gasteiger partial charge in [-0.25, -0.2) is 0 Å². The largest absolute Gasteiger partial charge is 0.493 e. The highest BCUT2D eigenvalue weighted by atomic mass is 16.5. The summed E-state index contributed by atoms with van der Waals surface area (Å²) in [5, 5.41) is 13.9. The summed E-state index contributed by atoms with van der Waals surface area (Å²) >= 11 is 0. The lowest BCUT2D eigenvalue weighted by Crippen LogP contribution is -2.01. The highest BCUT2D eigenvalue weighted by Gasteiger charge is 2.20. The maximum atomic E-state index is 9.75. The molecule has 0 saturated carbocycles. The molecule has 0 unspecified atom stereocenters. The Morgan fingerprint density at radius 2 is 2.37 bits per heavy atom. The Hall–Kier alpha value is -1.81. The minimum atomic E-state index is -0.292. The van der Waals surface area contributed by atoms with Gasteiger partial charge >= 0.3 is 0 Å². The quantitative estimate of drug-likeness (QED) is 0.912. The minimum absolute atomic E-state index is 0.292. The fourth-order valence-electron chi connectivity index (χ4n) is 2.55. The summed E-state index contributed by atoms with van der Waals surface area (Å²) < 4.78 is 7.56. The molecule has 4 heteroatoms. The van der Waals surface area contributed by atoms with Crippen LogP contribution in [0.5, 0.6) is 5.75 Å². The van der Waals surface area contributed by atoms with Crippen LogP contribution in [0.1, 0.15) is 29.2 Å². The van der Waals surface area contributed by atoms with Crippen LogP contribution in [0, 0.1) is 0 Å². The van der Waals surface area contributed by atoms with Crippen molar-refractivity contribution in [2.45, 2.75) is 25.4 Å². The third kappa shape index (κ3) is 2.63. The van der Waals surface area contributed by atoms with Gasteiger partial charge in [0.2, 0.25) is 0 Å². The second-order valence-electron chi connectivity index (χ2n) is 5.04. The fraction of sp³-hybridized carbons (Fsp3) is 0.400. The topological polar surface area (TPSA) is 47.3 Å². The van der Waals surface area contributed by atoms with Gasteiger partial charge in [0.15, 0.2) is 0 Å². The van der Waals surface area contributed by atoms with E-state index in [4.69, 9.17) is 4.74 Å². The molecule has 0 aliphatic heterocycles. The molecule has 1 aliphatic carbocycles. The van der Waals surface area contributed by atoms with E-state index in [1.165, 1.54) is 11.1 Å². The van der Waals surface area contributed by atoms with Crippen LogP contribution in [0.15, 0.2) is 30.6 Å². The van der Waals surface area contributed by atoms with Crippen molar-refractivity contribution < 1.29 is 9.84 Å². The van der Waals surface area contributed by atoms with Crippen molar-refractivity contribution in [3.8, 4) is 5.75 Å². The third-order valence-electron chi connectivity index (χ3n) is 3.58. The number of benzene rings is 1. The van der Waals surface area contributed by atoms with Crippen LogP contribution in [-0.4, -0.2) is 21.5 Å². The zero-order valence-electron chi connectivity index (χ0n) is 11.0. The SMILES string of the molecule is Cn1cc(CCOc2ccc3c(c2)CC[C@@H]3O)cn1. The van der Waals surface area contributed by atoms with Crippen LogP contribution in [0.4, 0.5) is 0 Å². The monoisotopic (exact) mass is 258 g/mol. The fourth-order valence-corrected chi connectivity index (χ4v) is 2.55. The van der Waals surface area contributed by atoms with Crippen LogP contribution in [0.3, 0.4) is 0 Å². The molecule has 1 heterocycles. The molecule has 100 valence electrons. The van der Waals surface area contributed by atoms with E-state index in [0.717, 1.165) is 30.6 Å². The van der Waals surface area contributed by atoms with Crippen molar-refractivity contribution in [1.82, 2.24) is 9.78 Å². The molecule has 0 amide bonds. The number of ether oxygens (including phenoxy) is 1. The average molecular weight is 258 g/mol. The Kier molecular flexibility index (Phi) is 3.25. The van der Waals surface area contributed by atoms with E-state index in [1.807, 2.05) is 31.6 Å². The Labute approximate surface area is 112 Å². The summed E-state index contributed by atoms with van der Waals surface area (Å²) in [6.07, 6.45) is 6.20. The van der Waals surface area contributed by atoms with Gasteiger partial charge in [-0.2, -0.15) is 5.10 Å². The Morgan fingerprint density at radius 3 is 3.16 bits per heavy atom. The third-order valence-corrected chi connectivity index (χ3v) is 3.58. The van der Waals surface area contributed by atoms with Crippen molar-refractivity contribution in [3.05, 3.63) is 47.3 Å². The lowest BCUT2D eigenvalue weighted by atomic mass is 10.1. The highest BCUT2D eigenvalue weighted by molar-refractivity contribution is 5.39. The van der Waals surface area contributed by atoms with Gasteiger partial charge in [-0.05, 0) is 41.7 Å². The summed E-state index contributed by atoms with van der Waals surface area (Å²) in [6, 6.07) is 5.97. The molecule has 1 atom stereocenters. The van der Waals surface area contributed by atoms with Crippen LogP contribution >= 0.6 is 0 Å². The summed E-state index contributed by atoms with van der Waals surface area (Å²) in [7, 11) is 1.91. The number of hydrogen-bond acceptors (Lipinski definition) is 3. The highest BCUT2D eigenvalue weighted by Crippen LogP contribution is 2.33. The van der Waals surface area contributed by atoms with Crippen LogP contribution in [0.2, 0.25) is 0 Å². The van der Waals surface area contributed by atoms with Crippen molar-refractivity contribution >= 4 is 0 Å². The van der Waals surface area contributed by atoms with E-state index >= 15 is 0 Å². The average Bonchev–Trinajstić information content (AvgIpc) is 2.97. The van der Waals surface area contributed by atoms with Gasteiger partial charge in [-0.15, -0.1) is 0 Å². The molecule has 0 bridgehead atoms. The van der Waals surface area contributed by atoms with Crippen LogP contribution < -0.4 is 4.74 Å². The molecular formula is C15H18N2O2. The van der Waals surface area contributed by atoms with Crippen molar-refractivity contribution in [3.63, 3.8) is 0 Å². The van der Waals surface area contributed by atoms with Crippen molar-refractivity contribution in [2.24, 2.45) is 7.05 Å². The Morgan fingerprint density at radius 1 is 1.47 bits per heavy atom. The predicted octanol–water partition coefficient (Wildman–Crippen LogP) is 2.02. The molecule has 1 aromatic heterocycles. The number of aliphatic hydroxyl groups excluding tert-OH is 1. The van der Waals surface area contributed by atoms with Gasteiger partial charge in [0.25, 0.3) is 0 Å².